The van der Waals surface area contributed by atoms with Crippen molar-refractivity contribution in [3.63, 3.8) is 0 Å². The van der Waals surface area contributed by atoms with Crippen LogP contribution in [0.5, 0.6) is 0 Å². The molecule has 1 saturated heterocycles. The fourth-order valence-corrected chi connectivity index (χ4v) is 1.74. The van der Waals surface area contributed by atoms with Gasteiger partial charge in [-0.15, -0.1) is 0 Å². The zero-order valence-electron chi connectivity index (χ0n) is 8.20. The number of hydrogen-bond donors (Lipinski definition) is 1. The predicted molar refractivity (Wildman–Crippen MR) is 52.7 cm³/mol. The molecule has 1 N–H and O–H groups in total. The first-order valence-corrected chi connectivity index (χ1v) is 4.68. The van der Waals surface area contributed by atoms with Gasteiger partial charge in [0.2, 0.25) is 5.95 Å². The summed E-state index contributed by atoms with van der Waals surface area (Å²) in [6, 6.07) is 0.561. The molecule has 1 aromatic heterocycles. The Kier molecular flexibility index (Phi) is 2.22. The molecule has 1 aromatic rings. The van der Waals surface area contributed by atoms with Crippen LogP contribution >= 0.6 is 0 Å². The Labute approximate surface area is 78.6 Å². The largest absolute Gasteiger partial charge is 0.352 e. The van der Waals surface area contributed by atoms with Gasteiger partial charge in [0.15, 0.2) is 0 Å². The summed E-state index contributed by atoms with van der Waals surface area (Å²) in [5, 5.41) is 3.43. The van der Waals surface area contributed by atoms with Gasteiger partial charge in [0, 0.05) is 32.0 Å². The van der Waals surface area contributed by atoms with Crippen molar-refractivity contribution in [1.29, 1.82) is 0 Å². The molecule has 0 bridgehead atoms. The van der Waals surface area contributed by atoms with Crippen LogP contribution in [0.4, 0.5) is 5.95 Å². The van der Waals surface area contributed by atoms with Gasteiger partial charge in [-0.1, -0.05) is 0 Å². The Morgan fingerprint density at radius 2 is 2.38 bits per heavy atom. The first-order valence-electron chi connectivity index (χ1n) is 4.68. The normalized spacial score (nSPS) is 23.7. The van der Waals surface area contributed by atoms with Gasteiger partial charge in [-0.25, -0.2) is 4.98 Å². The number of imidazole rings is 1. The number of likely N-dealkylation sites (N-methyl/N-ethyl adjacent to an activating group) is 1. The minimum atomic E-state index is 0.561. The summed E-state index contributed by atoms with van der Waals surface area (Å²) in [7, 11) is 4.16. The van der Waals surface area contributed by atoms with Gasteiger partial charge in [-0.2, -0.15) is 0 Å². The van der Waals surface area contributed by atoms with Crippen molar-refractivity contribution in [2.75, 3.05) is 25.5 Å². The van der Waals surface area contributed by atoms with E-state index in [0.717, 1.165) is 12.5 Å². The fourth-order valence-electron chi connectivity index (χ4n) is 1.74. The average Bonchev–Trinajstić information content (AvgIpc) is 2.64. The van der Waals surface area contributed by atoms with Gasteiger partial charge >= 0.3 is 0 Å². The molecule has 1 unspecified atom stereocenters. The van der Waals surface area contributed by atoms with Crippen molar-refractivity contribution < 1.29 is 0 Å². The number of likely N-dealkylation sites (tertiary alicyclic amines) is 1. The summed E-state index contributed by atoms with van der Waals surface area (Å²) in [5.74, 6) is 0.973. The summed E-state index contributed by atoms with van der Waals surface area (Å²) >= 11 is 0. The lowest BCUT2D eigenvalue weighted by Crippen LogP contribution is -2.24. The van der Waals surface area contributed by atoms with Crippen LogP contribution in [0.15, 0.2) is 12.4 Å². The second kappa shape index (κ2) is 3.38. The second-order valence-corrected chi connectivity index (χ2v) is 3.75. The van der Waals surface area contributed by atoms with E-state index >= 15 is 0 Å². The van der Waals surface area contributed by atoms with E-state index in [1.165, 1.54) is 13.0 Å². The molecular weight excluding hydrogens is 164 g/mol. The lowest BCUT2D eigenvalue weighted by molar-refractivity contribution is 0.414. The molecule has 0 amide bonds. The predicted octanol–water partition coefficient (Wildman–Crippen LogP) is 0.536. The van der Waals surface area contributed by atoms with Gasteiger partial charge in [0.05, 0.1) is 0 Å². The van der Waals surface area contributed by atoms with E-state index in [4.69, 9.17) is 0 Å². The molecule has 0 radical (unpaired) electrons. The molecule has 1 fully saturated rings. The SMILES string of the molecule is CN1CCC(Nc2nccn2C)C1. The third-order valence-corrected chi connectivity index (χ3v) is 2.55. The van der Waals surface area contributed by atoms with E-state index in [1.807, 2.05) is 24.0 Å². The van der Waals surface area contributed by atoms with Crippen molar-refractivity contribution in [1.82, 2.24) is 14.5 Å². The van der Waals surface area contributed by atoms with E-state index in [1.54, 1.807) is 0 Å². The van der Waals surface area contributed by atoms with Crippen LogP contribution < -0.4 is 5.32 Å². The molecule has 4 heteroatoms. The Morgan fingerprint density at radius 3 is 2.92 bits per heavy atom. The molecule has 0 aromatic carbocycles. The number of hydrogen-bond acceptors (Lipinski definition) is 3. The summed E-state index contributed by atoms with van der Waals surface area (Å²) in [4.78, 5) is 6.57. The van der Waals surface area contributed by atoms with Crippen LogP contribution in [0.3, 0.4) is 0 Å². The zero-order chi connectivity index (χ0) is 9.26. The van der Waals surface area contributed by atoms with Crippen molar-refractivity contribution in [2.24, 2.45) is 7.05 Å². The maximum atomic E-state index is 4.24. The molecule has 0 saturated carbocycles. The molecule has 1 aliphatic rings. The second-order valence-electron chi connectivity index (χ2n) is 3.75. The summed E-state index contributed by atoms with van der Waals surface area (Å²) in [5.41, 5.74) is 0. The van der Waals surface area contributed by atoms with E-state index in [2.05, 4.69) is 22.2 Å². The molecular formula is C9H16N4. The summed E-state index contributed by atoms with van der Waals surface area (Å²) in [6.45, 7) is 2.30. The number of anilines is 1. The Morgan fingerprint density at radius 1 is 1.54 bits per heavy atom. The van der Waals surface area contributed by atoms with Crippen molar-refractivity contribution in [3.05, 3.63) is 12.4 Å². The molecule has 0 aliphatic carbocycles. The molecule has 1 aliphatic heterocycles. The zero-order valence-corrected chi connectivity index (χ0v) is 8.20. The van der Waals surface area contributed by atoms with Gasteiger partial charge < -0.3 is 14.8 Å². The van der Waals surface area contributed by atoms with Crippen molar-refractivity contribution in [3.8, 4) is 0 Å². The third kappa shape index (κ3) is 1.83. The highest BCUT2D eigenvalue weighted by atomic mass is 15.2. The Bertz CT molecular complexity index is 281. The molecule has 2 rings (SSSR count). The smallest absolute Gasteiger partial charge is 0.202 e. The Hall–Kier alpha value is -1.03. The standard InChI is InChI=1S/C9H16N4/c1-12-5-3-8(7-12)11-9-10-4-6-13(9)2/h4,6,8H,3,5,7H2,1-2H3,(H,10,11). The van der Waals surface area contributed by atoms with Gasteiger partial charge in [-0.05, 0) is 20.0 Å². The molecule has 72 valence electrons. The fraction of sp³-hybridized carbons (Fsp3) is 0.667. The van der Waals surface area contributed by atoms with E-state index < -0.39 is 0 Å². The Balaban J connectivity index is 1.95. The van der Waals surface area contributed by atoms with Crippen LogP contribution in [-0.4, -0.2) is 40.6 Å². The number of aromatic nitrogens is 2. The van der Waals surface area contributed by atoms with Crippen LogP contribution in [-0.2, 0) is 7.05 Å². The highest BCUT2D eigenvalue weighted by Crippen LogP contribution is 2.12. The van der Waals surface area contributed by atoms with E-state index in [0.29, 0.717) is 6.04 Å². The number of rotatable bonds is 2. The summed E-state index contributed by atoms with van der Waals surface area (Å²) < 4.78 is 2.01. The number of nitrogens with one attached hydrogen (secondary N) is 1. The van der Waals surface area contributed by atoms with E-state index in [9.17, 15) is 0 Å². The maximum absolute atomic E-state index is 4.24. The van der Waals surface area contributed by atoms with Gasteiger partial charge in [-0.3, -0.25) is 0 Å². The minimum absolute atomic E-state index is 0.561. The quantitative estimate of drug-likeness (QED) is 0.721. The first kappa shape index (κ1) is 8.56. The van der Waals surface area contributed by atoms with Gasteiger partial charge in [0.25, 0.3) is 0 Å². The highest BCUT2D eigenvalue weighted by Gasteiger charge is 2.19. The lowest BCUT2D eigenvalue weighted by Gasteiger charge is -2.13. The summed E-state index contributed by atoms with van der Waals surface area (Å²) in [6.07, 6.45) is 4.99. The van der Waals surface area contributed by atoms with Crippen LogP contribution in [0.1, 0.15) is 6.42 Å². The topological polar surface area (TPSA) is 33.1 Å². The highest BCUT2D eigenvalue weighted by molar-refractivity contribution is 5.27. The first-order chi connectivity index (χ1) is 6.25. The molecule has 13 heavy (non-hydrogen) atoms. The average molecular weight is 180 g/mol. The van der Waals surface area contributed by atoms with Gasteiger partial charge in [0.1, 0.15) is 0 Å². The number of nitrogens with zero attached hydrogens (tertiary/aromatic N) is 3. The van der Waals surface area contributed by atoms with E-state index in [-0.39, 0.29) is 0 Å². The van der Waals surface area contributed by atoms with Crippen molar-refractivity contribution >= 4 is 5.95 Å². The molecule has 2 heterocycles. The lowest BCUT2D eigenvalue weighted by atomic mass is 10.3. The monoisotopic (exact) mass is 180 g/mol. The van der Waals surface area contributed by atoms with Crippen LogP contribution in [0.25, 0.3) is 0 Å². The van der Waals surface area contributed by atoms with Crippen LogP contribution in [0, 0.1) is 0 Å². The molecule has 4 nitrogen and oxygen atoms in total. The molecule has 1 atom stereocenters. The number of aryl methyl sites for hydroxylation is 1. The van der Waals surface area contributed by atoms with Crippen molar-refractivity contribution in [2.45, 2.75) is 12.5 Å². The maximum Gasteiger partial charge on any atom is 0.202 e. The minimum Gasteiger partial charge on any atom is -0.352 e. The molecule has 0 spiro atoms. The van der Waals surface area contributed by atoms with Crippen LogP contribution in [0.2, 0.25) is 0 Å². The third-order valence-electron chi connectivity index (χ3n) is 2.55.